The third-order valence-corrected chi connectivity index (χ3v) is 6.71. The summed E-state index contributed by atoms with van der Waals surface area (Å²) in [5, 5.41) is 7.90. The van der Waals surface area contributed by atoms with E-state index in [0.29, 0.717) is 0 Å². The van der Waals surface area contributed by atoms with E-state index in [1.165, 1.54) is 36.9 Å². The van der Waals surface area contributed by atoms with Crippen LogP contribution in [0.4, 0.5) is 14.5 Å². The minimum absolute atomic E-state index is 0.0201. The number of fused-ring (bicyclic) bond motifs is 1. The Bertz CT molecular complexity index is 1840. The van der Waals surface area contributed by atoms with Crippen molar-refractivity contribution < 1.29 is 30.8 Å². The highest BCUT2D eigenvalue weighted by Gasteiger charge is 2.23. The smallest absolute Gasteiger partial charge is 0.293 e. The number of anilines is 1. The molecule has 0 saturated heterocycles. The first kappa shape index (κ1) is 25.0. The molecule has 15 heteroatoms. The van der Waals surface area contributed by atoms with Crippen LogP contribution in [0.5, 0.6) is 11.6 Å². The molecule has 5 aromatic rings. The Morgan fingerprint density at radius 1 is 1.08 bits per heavy atom. The predicted octanol–water partition coefficient (Wildman–Crippen LogP) is 3.78. The van der Waals surface area contributed by atoms with Gasteiger partial charge in [0.2, 0.25) is 33.1 Å². The lowest BCUT2D eigenvalue weighted by atomic mass is 10.0. The summed E-state index contributed by atoms with van der Waals surface area (Å²) in [6, 6.07) is 2.83. The van der Waals surface area contributed by atoms with E-state index in [1.54, 1.807) is 6.92 Å². The summed E-state index contributed by atoms with van der Waals surface area (Å²) in [6.45, 7) is 3.03. The third kappa shape index (κ3) is 4.58. The topological polar surface area (TPSA) is 155 Å². The van der Waals surface area contributed by atoms with E-state index >= 15 is 0 Å². The Hall–Kier alpha value is -4.66. The molecule has 0 aliphatic rings. The van der Waals surface area contributed by atoms with Gasteiger partial charge < -0.3 is 18.1 Å². The summed E-state index contributed by atoms with van der Waals surface area (Å²) >= 11 is 0. The molecule has 0 radical (unpaired) electrons. The van der Waals surface area contributed by atoms with Crippen LogP contribution in [0.25, 0.3) is 33.7 Å². The first-order valence-corrected chi connectivity index (χ1v) is 12.6. The van der Waals surface area contributed by atoms with Gasteiger partial charge in [-0.25, -0.2) is 22.2 Å². The molecular weight excluding hydrogens is 526 g/mol. The van der Waals surface area contributed by atoms with E-state index in [9.17, 15) is 22.0 Å². The molecule has 0 aromatic carbocycles. The number of furan rings is 1. The van der Waals surface area contributed by atoms with Crippen LogP contribution in [-0.2, 0) is 17.1 Å². The standard InChI is InChI=1S/C23H18F2N6O6S/c1-4-38(33,34)30-12-5-14(21(27-7-12)37-20-16(24)8-26-9-17(20)25)15-10-31(3)23(32)19-13(15)6-18(36-19)22-29-28-11(2)35-22/h5-10,30H,4H2,1-3H3. The van der Waals surface area contributed by atoms with Crippen LogP contribution in [0.3, 0.4) is 0 Å². The molecule has 0 spiro atoms. The van der Waals surface area contributed by atoms with Gasteiger partial charge in [0.15, 0.2) is 17.4 Å². The average molecular weight is 544 g/mol. The Labute approximate surface area is 213 Å². The van der Waals surface area contributed by atoms with E-state index in [0.717, 1.165) is 18.6 Å². The number of nitrogens with zero attached hydrogens (tertiary/aromatic N) is 5. The molecule has 1 N–H and O–H groups in total. The van der Waals surface area contributed by atoms with Crippen molar-refractivity contribution in [1.82, 2.24) is 24.7 Å². The van der Waals surface area contributed by atoms with Crippen molar-refractivity contribution in [1.29, 1.82) is 0 Å². The van der Waals surface area contributed by atoms with Gasteiger partial charge in [-0.2, -0.15) is 0 Å². The van der Waals surface area contributed by atoms with Gasteiger partial charge >= 0.3 is 0 Å². The maximum atomic E-state index is 14.4. The Balaban J connectivity index is 1.76. The van der Waals surface area contributed by atoms with Crippen LogP contribution in [-0.4, -0.2) is 38.9 Å². The number of halogens is 2. The second kappa shape index (κ2) is 9.33. The Kier molecular flexibility index (Phi) is 6.14. The molecule has 5 rings (SSSR count). The van der Waals surface area contributed by atoms with Gasteiger partial charge in [-0.05, 0) is 19.1 Å². The third-order valence-electron chi connectivity index (χ3n) is 5.40. The fourth-order valence-corrected chi connectivity index (χ4v) is 4.19. The highest BCUT2D eigenvalue weighted by molar-refractivity contribution is 7.92. The largest absolute Gasteiger partial charge is 0.445 e. The fourth-order valence-electron chi connectivity index (χ4n) is 3.58. The second-order valence-corrected chi connectivity index (χ2v) is 10.1. The van der Waals surface area contributed by atoms with Crippen molar-refractivity contribution in [3.63, 3.8) is 0 Å². The van der Waals surface area contributed by atoms with Gasteiger partial charge in [-0.3, -0.25) is 14.5 Å². The van der Waals surface area contributed by atoms with Crippen LogP contribution >= 0.6 is 0 Å². The molecule has 0 unspecified atom stereocenters. The number of aromatic nitrogens is 5. The number of pyridine rings is 3. The number of hydrogen-bond acceptors (Lipinski definition) is 10. The minimum Gasteiger partial charge on any atom is -0.445 e. The zero-order valence-electron chi connectivity index (χ0n) is 20.0. The van der Waals surface area contributed by atoms with Crippen molar-refractivity contribution in [3.05, 3.63) is 64.8 Å². The zero-order valence-corrected chi connectivity index (χ0v) is 20.8. The van der Waals surface area contributed by atoms with Gasteiger partial charge in [0.25, 0.3) is 11.4 Å². The monoisotopic (exact) mass is 544 g/mol. The summed E-state index contributed by atoms with van der Waals surface area (Å²) < 4.78 is 73.3. The number of nitrogens with one attached hydrogen (secondary N) is 1. The molecule has 0 aliphatic heterocycles. The normalized spacial score (nSPS) is 11.7. The van der Waals surface area contributed by atoms with Crippen molar-refractivity contribution in [2.45, 2.75) is 13.8 Å². The Morgan fingerprint density at radius 2 is 1.82 bits per heavy atom. The molecule has 0 saturated carbocycles. The molecule has 0 atom stereocenters. The van der Waals surface area contributed by atoms with Gasteiger partial charge in [0.1, 0.15) is 0 Å². The molecule has 5 heterocycles. The predicted molar refractivity (Wildman–Crippen MR) is 130 cm³/mol. The first-order chi connectivity index (χ1) is 18.1. The van der Waals surface area contributed by atoms with Crippen LogP contribution in [0.15, 0.2) is 50.5 Å². The lowest BCUT2D eigenvalue weighted by molar-refractivity contribution is 0.394. The summed E-state index contributed by atoms with van der Waals surface area (Å²) in [4.78, 5) is 20.4. The fraction of sp³-hybridized carbons (Fsp3) is 0.174. The lowest BCUT2D eigenvalue weighted by Crippen LogP contribution is -2.16. The molecule has 5 aromatic heterocycles. The molecule has 196 valence electrons. The molecule has 38 heavy (non-hydrogen) atoms. The van der Waals surface area contributed by atoms with Crippen LogP contribution in [0.2, 0.25) is 0 Å². The van der Waals surface area contributed by atoms with E-state index < -0.39 is 33.0 Å². The number of aryl methyl sites for hydroxylation is 2. The highest BCUT2D eigenvalue weighted by atomic mass is 32.2. The highest BCUT2D eigenvalue weighted by Crippen LogP contribution is 2.39. The molecule has 0 aliphatic carbocycles. The summed E-state index contributed by atoms with van der Waals surface area (Å²) in [5.74, 6) is -3.07. The quantitative estimate of drug-likeness (QED) is 0.320. The molecule has 0 fully saturated rings. The van der Waals surface area contributed by atoms with Crippen LogP contribution in [0, 0.1) is 18.6 Å². The second-order valence-electron chi connectivity index (χ2n) is 8.06. The summed E-state index contributed by atoms with van der Waals surface area (Å²) in [5.41, 5.74) is -0.198. The van der Waals surface area contributed by atoms with Crippen molar-refractivity contribution in [2.75, 3.05) is 10.5 Å². The van der Waals surface area contributed by atoms with Gasteiger partial charge in [0, 0.05) is 36.7 Å². The van der Waals surface area contributed by atoms with Gasteiger partial charge in [-0.1, -0.05) is 0 Å². The van der Waals surface area contributed by atoms with E-state index in [1.807, 2.05) is 0 Å². The summed E-state index contributed by atoms with van der Waals surface area (Å²) in [6.07, 6.45) is 4.08. The molecule has 0 bridgehead atoms. The Morgan fingerprint density at radius 3 is 2.47 bits per heavy atom. The van der Waals surface area contributed by atoms with Crippen LogP contribution in [0.1, 0.15) is 12.8 Å². The van der Waals surface area contributed by atoms with Crippen LogP contribution < -0.4 is 15.0 Å². The number of ether oxygens (including phenoxy) is 1. The number of sulfonamides is 1. The van der Waals surface area contributed by atoms with Crippen molar-refractivity contribution in [2.24, 2.45) is 7.05 Å². The van der Waals surface area contributed by atoms with E-state index in [4.69, 9.17) is 13.6 Å². The summed E-state index contributed by atoms with van der Waals surface area (Å²) in [7, 11) is -2.24. The SMILES string of the molecule is CCS(=O)(=O)Nc1cnc(Oc2c(F)cncc2F)c(-c2cn(C)c(=O)c3oc(-c4nnc(C)o4)cc23)c1. The van der Waals surface area contributed by atoms with Crippen molar-refractivity contribution in [3.8, 4) is 34.4 Å². The lowest BCUT2D eigenvalue weighted by Gasteiger charge is -2.15. The zero-order chi connectivity index (χ0) is 27.2. The molecule has 0 amide bonds. The number of rotatable bonds is 7. The maximum absolute atomic E-state index is 14.4. The molecule has 12 nitrogen and oxygen atoms in total. The van der Waals surface area contributed by atoms with E-state index in [2.05, 4.69) is 24.9 Å². The van der Waals surface area contributed by atoms with E-state index in [-0.39, 0.29) is 57.0 Å². The van der Waals surface area contributed by atoms with Gasteiger partial charge in [0.05, 0.1) is 30.0 Å². The minimum atomic E-state index is -3.70. The first-order valence-electron chi connectivity index (χ1n) is 11.0. The van der Waals surface area contributed by atoms with Gasteiger partial charge in [-0.15, -0.1) is 10.2 Å². The van der Waals surface area contributed by atoms with Crippen molar-refractivity contribution >= 4 is 26.7 Å². The average Bonchev–Trinajstić information content (AvgIpc) is 3.51. The number of hydrogen-bond donors (Lipinski definition) is 1. The molecular formula is C23H18F2N6O6S. The maximum Gasteiger partial charge on any atom is 0.293 e.